The summed E-state index contributed by atoms with van der Waals surface area (Å²) in [5.74, 6) is 1.59. The maximum atomic E-state index is 12.6. The maximum absolute atomic E-state index is 12.6. The van der Waals surface area contributed by atoms with Crippen LogP contribution in [0.1, 0.15) is 36.9 Å². The monoisotopic (exact) mass is 411 g/mol. The van der Waals surface area contributed by atoms with Gasteiger partial charge in [-0.15, -0.1) is 0 Å². The van der Waals surface area contributed by atoms with Gasteiger partial charge in [-0.25, -0.2) is 4.98 Å². The fourth-order valence-corrected chi connectivity index (χ4v) is 4.43. The van der Waals surface area contributed by atoms with Crippen LogP contribution < -0.4 is 15.0 Å². The summed E-state index contributed by atoms with van der Waals surface area (Å²) in [6.07, 6.45) is 6.44. The van der Waals surface area contributed by atoms with Crippen LogP contribution in [0.4, 0.5) is 0 Å². The molecule has 29 heavy (non-hydrogen) atoms. The largest absolute Gasteiger partial charge is 0.454 e. The molecule has 3 heterocycles. The number of fused-ring (bicyclic) bond motifs is 2. The van der Waals surface area contributed by atoms with Gasteiger partial charge in [0.05, 0.1) is 10.7 Å². The lowest BCUT2D eigenvalue weighted by Gasteiger charge is -2.28. The molecule has 0 radical (unpaired) electrons. The average molecular weight is 412 g/mol. The highest BCUT2D eigenvalue weighted by Crippen LogP contribution is 2.34. The van der Waals surface area contributed by atoms with Crippen molar-refractivity contribution in [3.05, 3.63) is 69.2 Å². The van der Waals surface area contributed by atoms with Crippen LogP contribution in [0, 0.1) is 0 Å². The lowest BCUT2D eigenvalue weighted by molar-refractivity contribution is 0.173. The maximum Gasteiger partial charge on any atom is 0.258 e. The Kier molecular flexibility index (Phi) is 4.89. The van der Waals surface area contributed by atoms with E-state index < -0.39 is 0 Å². The highest BCUT2D eigenvalue weighted by Gasteiger charge is 2.24. The molecule has 2 aromatic heterocycles. The molecule has 0 atom stereocenters. The van der Waals surface area contributed by atoms with Gasteiger partial charge in [0.2, 0.25) is 6.79 Å². The summed E-state index contributed by atoms with van der Waals surface area (Å²) in [4.78, 5) is 19.7. The third kappa shape index (κ3) is 3.82. The minimum absolute atomic E-state index is 0.109. The molecule has 0 bridgehead atoms. The molecule has 1 fully saturated rings. The Labute approximate surface area is 173 Å². The number of pyridine rings is 1. The van der Waals surface area contributed by atoms with Gasteiger partial charge in [0.1, 0.15) is 5.65 Å². The van der Waals surface area contributed by atoms with Gasteiger partial charge in [0.15, 0.2) is 11.5 Å². The van der Waals surface area contributed by atoms with Gasteiger partial charge < -0.3 is 9.47 Å². The van der Waals surface area contributed by atoms with Gasteiger partial charge in [-0.2, -0.15) is 0 Å². The fraction of sp³-hybridized carbons (Fsp3) is 0.364. The molecule has 3 aromatic rings. The zero-order valence-corrected chi connectivity index (χ0v) is 16.8. The minimum Gasteiger partial charge on any atom is -0.454 e. The summed E-state index contributed by atoms with van der Waals surface area (Å²) in [7, 11) is 0. The quantitative estimate of drug-likeness (QED) is 0.634. The lowest BCUT2D eigenvalue weighted by Crippen LogP contribution is -2.33. The van der Waals surface area contributed by atoms with Crippen molar-refractivity contribution in [2.45, 2.75) is 44.8 Å². The molecule has 2 aliphatic rings. The van der Waals surface area contributed by atoms with Gasteiger partial charge in [0, 0.05) is 31.4 Å². The van der Waals surface area contributed by atoms with Crippen LogP contribution >= 0.6 is 11.6 Å². The van der Waals surface area contributed by atoms with Crippen molar-refractivity contribution >= 4 is 17.2 Å². The van der Waals surface area contributed by atoms with E-state index in [9.17, 15) is 4.79 Å². The molecule has 1 aromatic carbocycles. The van der Waals surface area contributed by atoms with Gasteiger partial charge in [-0.05, 0) is 42.7 Å². The molecule has 5 rings (SSSR count). The molecule has 7 heteroatoms. The third-order valence-electron chi connectivity index (χ3n) is 5.71. The first kappa shape index (κ1) is 18.5. The topological polar surface area (TPSA) is 56.1 Å². The summed E-state index contributed by atoms with van der Waals surface area (Å²) in [5.41, 5.74) is 2.46. The Balaban J connectivity index is 1.43. The molecule has 1 saturated carbocycles. The molecule has 1 aliphatic carbocycles. The van der Waals surface area contributed by atoms with E-state index >= 15 is 0 Å². The molecule has 0 N–H and O–H groups in total. The van der Waals surface area contributed by atoms with E-state index in [-0.39, 0.29) is 12.4 Å². The van der Waals surface area contributed by atoms with Crippen LogP contribution in [0.2, 0.25) is 5.02 Å². The standard InChI is InChI=1S/C22H22ClN3O3/c23-16-6-8-21-24-17(10-22(27)26(21)12-16)13-25(18-3-1-2-4-18)11-15-5-7-19-20(9-15)29-14-28-19/h5-10,12,18H,1-4,11,13-14H2. The highest BCUT2D eigenvalue weighted by molar-refractivity contribution is 6.30. The Morgan fingerprint density at radius 1 is 1.07 bits per heavy atom. The van der Waals surface area contributed by atoms with E-state index in [0.717, 1.165) is 23.7 Å². The number of benzene rings is 1. The van der Waals surface area contributed by atoms with Crippen LogP contribution in [0.25, 0.3) is 5.65 Å². The van der Waals surface area contributed by atoms with Crippen molar-refractivity contribution in [3.8, 4) is 11.5 Å². The van der Waals surface area contributed by atoms with Crippen LogP contribution in [0.15, 0.2) is 47.4 Å². The van der Waals surface area contributed by atoms with E-state index in [1.807, 2.05) is 6.07 Å². The van der Waals surface area contributed by atoms with Crippen molar-refractivity contribution in [1.29, 1.82) is 0 Å². The molecule has 6 nitrogen and oxygen atoms in total. The normalized spacial score (nSPS) is 16.2. The Bertz CT molecular complexity index is 1110. The SMILES string of the molecule is O=c1cc(CN(Cc2ccc3c(c2)OCO3)C2CCCC2)nc2ccc(Cl)cn12. The van der Waals surface area contributed by atoms with Gasteiger partial charge in [-0.3, -0.25) is 14.1 Å². The van der Waals surface area contributed by atoms with E-state index in [4.69, 9.17) is 26.1 Å². The first-order valence-corrected chi connectivity index (χ1v) is 10.3. The molecule has 0 spiro atoms. The number of hydrogen-bond donors (Lipinski definition) is 0. The predicted octanol–water partition coefficient (Wildman–Crippen LogP) is 4.02. The molecule has 1 aliphatic heterocycles. The Morgan fingerprint density at radius 2 is 1.90 bits per heavy atom. The van der Waals surface area contributed by atoms with Crippen molar-refractivity contribution in [2.75, 3.05) is 6.79 Å². The van der Waals surface area contributed by atoms with Gasteiger partial charge >= 0.3 is 0 Å². The number of aromatic nitrogens is 2. The smallest absolute Gasteiger partial charge is 0.258 e. The zero-order chi connectivity index (χ0) is 19.8. The molecular formula is C22H22ClN3O3. The van der Waals surface area contributed by atoms with Crippen molar-refractivity contribution in [3.63, 3.8) is 0 Å². The first-order valence-electron chi connectivity index (χ1n) is 9.96. The minimum atomic E-state index is -0.109. The second-order valence-corrected chi connectivity index (χ2v) is 8.13. The number of ether oxygens (including phenoxy) is 2. The van der Waals surface area contributed by atoms with Crippen molar-refractivity contribution < 1.29 is 9.47 Å². The Hall–Kier alpha value is -2.57. The zero-order valence-electron chi connectivity index (χ0n) is 16.0. The molecule has 0 saturated heterocycles. The van der Waals surface area contributed by atoms with Crippen LogP contribution in [-0.4, -0.2) is 27.1 Å². The van der Waals surface area contributed by atoms with Crippen LogP contribution in [-0.2, 0) is 13.1 Å². The first-order chi connectivity index (χ1) is 14.2. The molecule has 0 unspecified atom stereocenters. The summed E-state index contributed by atoms with van der Waals surface area (Å²) in [5, 5.41) is 0.518. The predicted molar refractivity (Wildman–Crippen MR) is 111 cm³/mol. The van der Waals surface area contributed by atoms with E-state index in [1.165, 1.54) is 35.6 Å². The molecule has 0 amide bonds. The van der Waals surface area contributed by atoms with Gasteiger partial charge in [-0.1, -0.05) is 30.5 Å². The van der Waals surface area contributed by atoms with E-state index in [2.05, 4.69) is 17.0 Å². The van der Waals surface area contributed by atoms with Crippen LogP contribution in [0.3, 0.4) is 0 Å². The molecular weight excluding hydrogens is 390 g/mol. The summed E-state index contributed by atoms with van der Waals surface area (Å²) >= 11 is 6.02. The number of nitrogens with zero attached hydrogens (tertiary/aromatic N) is 3. The fourth-order valence-electron chi connectivity index (χ4n) is 4.27. The number of halogens is 1. The summed E-state index contributed by atoms with van der Waals surface area (Å²) in [6, 6.07) is 11.7. The average Bonchev–Trinajstić information content (AvgIpc) is 3.40. The molecule has 150 valence electrons. The lowest BCUT2D eigenvalue weighted by atomic mass is 10.1. The number of hydrogen-bond acceptors (Lipinski definition) is 5. The Morgan fingerprint density at radius 3 is 2.76 bits per heavy atom. The van der Waals surface area contributed by atoms with Crippen molar-refractivity contribution in [2.24, 2.45) is 0 Å². The summed E-state index contributed by atoms with van der Waals surface area (Å²) in [6.45, 7) is 1.69. The second-order valence-electron chi connectivity index (χ2n) is 7.69. The number of rotatable bonds is 5. The third-order valence-corrected chi connectivity index (χ3v) is 5.93. The van der Waals surface area contributed by atoms with Crippen molar-refractivity contribution in [1.82, 2.24) is 14.3 Å². The van der Waals surface area contributed by atoms with Gasteiger partial charge in [0.25, 0.3) is 5.56 Å². The second kappa shape index (κ2) is 7.69. The van der Waals surface area contributed by atoms with E-state index in [0.29, 0.717) is 23.3 Å². The van der Waals surface area contributed by atoms with Crippen LogP contribution in [0.5, 0.6) is 11.5 Å². The highest BCUT2D eigenvalue weighted by atomic mass is 35.5. The van der Waals surface area contributed by atoms with E-state index in [1.54, 1.807) is 24.4 Å². The summed E-state index contributed by atoms with van der Waals surface area (Å²) < 4.78 is 12.4.